The predicted octanol–water partition coefficient (Wildman–Crippen LogP) is 2.98. The molecule has 1 aliphatic carbocycles. The summed E-state index contributed by atoms with van der Waals surface area (Å²) in [6.07, 6.45) is 2.89. The third-order valence-electron chi connectivity index (χ3n) is 4.14. The highest BCUT2D eigenvalue weighted by Gasteiger charge is 2.43. The quantitative estimate of drug-likeness (QED) is 0.874. The zero-order valence-corrected chi connectivity index (χ0v) is 12.4. The monoisotopic (exact) mass is 291 g/mol. The molecule has 0 saturated heterocycles. The molecule has 1 aromatic carbocycles. The van der Waals surface area contributed by atoms with Crippen LogP contribution in [0.1, 0.15) is 37.7 Å². The first-order valence-corrected chi connectivity index (χ1v) is 7.15. The number of carboxylic acids is 1. The minimum atomic E-state index is -0.901. The van der Waals surface area contributed by atoms with Gasteiger partial charge in [-0.3, -0.25) is 9.59 Å². The summed E-state index contributed by atoms with van der Waals surface area (Å²) in [5, 5.41) is 12.2. The number of aliphatic carboxylic acids is 1. The van der Waals surface area contributed by atoms with Crippen LogP contribution in [-0.2, 0) is 9.59 Å². The number of rotatable bonds is 5. The number of aryl methyl sites for hydroxylation is 1. The van der Waals surface area contributed by atoms with Crippen molar-refractivity contribution in [1.29, 1.82) is 0 Å². The molecular formula is C16H21NO4. The van der Waals surface area contributed by atoms with Crippen LogP contribution < -0.4 is 10.1 Å². The lowest BCUT2D eigenvalue weighted by Gasteiger charge is -2.23. The van der Waals surface area contributed by atoms with Gasteiger partial charge in [0.15, 0.2) is 0 Å². The largest absolute Gasteiger partial charge is 0.495 e. The summed E-state index contributed by atoms with van der Waals surface area (Å²) in [6.45, 7) is 1.94. The number of amides is 1. The number of carboxylic acid groups (broad SMARTS) is 1. The van der Waals surface area contributed by atoms with E-state index >= 15 is 0 Å². The van der Waals surface area contributed by atoms with Crippen molar-refractivity contribution in [2.45, 2.75) is 39.0 Å². The van der Waals surface area contributed by atoms with E-state index in [2.05, 4.69) is 5.32 Å². The molecule has 114 valence electrons. The molecule has 2 N–H and O–H groups in total. The minimum absolute atomic E-state index is 0.0133. The van der Waals surface area contributed by atoms with Gasteiger partial charge >= 0.3 is 5.97 Å². The Morgan fingerprint density at radius 2 is 2.00 bits per heavy atom. The van der Waals surface area contributed by atoms with E-state index in [1.807, 2.05) is 19.1 Å². The molecular weight excluding hydrogens is 270 g/mol. The lowest BCUT2D eigenvalue weighted by atomic mass is 9.82. The first kappa shape index (κ1) is 15.4. The van der Waals surface area contributed by atoms with Gasteiger partial charge in [-0.05, 0) is 37.5 Å². The third-order valence-corrected chi connectivity index (χ3v) is 4.14. The van der Waals surface area contributed by atoms with Crippen molar-refractivity contribution in [1.82, 2.24) is 0 Å². The molecule has 1 aliphatic rings. The number of nitrogens with one attached hydrogen (secondary N) is 1. The average Bonchev–Trinajstić information content (AvgIpc) is 2.90. The normalized spacial score (nSPS) is 16.5. The van der Waals surface area contributed by atoms with Crippen molar-refractivity contribution in [3.8, 4) is 5.75 Å². The van der Waals surface area contributed by atoms with Gasteiger partial charge in [0, 0.05) is 6.42 Å². The molecule has 0 heterocycles. The Morgan fingerprint density at radius 1 is 1.33 bits per heavy atom. The van der Waals surface area contributed by atoms with E-state index in [-0.39, 0.29) is 12.3 Å². The molecule has 0 bridgehead atoms. The molecule has 0 atom stereocenters. The molecule has 1 saturated carbocycles. The Bertz CT molecular complexity index is 547. The highest BCUT2D eigenvalue weighted by Crippen LogP contribution is 2.41. The van der Waals surface area contributed by atoms with Crippen LogP contribution in [0.3, 0.4) is 0 Å². The first-order valence-electron chi connectivity index (χ1n) is 7.15. The number of anilines is 1. The third kappa shape index (κ3) is 3.35. The molecule has 1 fully saturated rings. The van der Waals surface area contributed by atoms with E-state index in [4.69, 9.17) is 4.74 Å². The van der Waals surface area contributed by atoms with Crippen molar-refractivity contribution in [3.05, 3.63) is 23.8 Å². The van der Waals surface area contributed by atoms with Crippen molar-refractivity contribution in [2.75, 3.05) is 12.4 Å². The van der Waals surface area contributed by atoms with Crippen molar-refractivity contribution < 1.29 is 19.4 Å². The molecule has 21 heavy (non-hydrogen) atoms. The summed E-state index contributed by atoms with van der Waals surface area (Å²) in [5.41, 5.74) is 0.705. The Balaban J connectivity index is 2.10. The van der Waals surface area contributed by atoms with Crippen molar-refractivity contribution in [3.63, 3.8) is 0 Å². The van der Waals surface area contributed by atoms with Crippen LogP contribution >= 0.6 is 0 Å². The average molecular weight is 291 g/mol. The van der Waals surface area contributed by atoms with Crippen LogP contribution in [0.4, 0.5) is 5.69 Å². The topological polar surface area (TPSA) is 75.6 Å². The number of carbonyl (C=O) groups is 2. The molecule has 1 amide bonds. The van der Waals surface area contributed by atoms with Gasteiger partial charge in [0.2, 0.25) is 5.91 Å². The number of hydrogen-bond acceptors (Lipinski definition) is 3. The van der Waals surface area contributed by atoms with E-state index in [1.54, 1.807) is 13.2 Å². The van der Waals surface area contributed by atoms with Gasteiger partial charge in [-0.15, -0.1) is 0 Å². The molecule has 0 aliphatic heterocycles. The molecule has 5 heteroatoms. The summed E-state index contributed by atoms with van der Waals surface area (Å²) >= 11 is 0. The Hall–Kier alpha value is -2.04. The van der Waals surface area contributed by atoms with Crippen LogP contribution in [0.5, 0.6) is 5.75 Å². The van der Waals surface area contributed by atoms with Gasteiger partial charge in [0.25, 0.3) is 0 Å². The summed E-state index contributed by atoms with van der Waals surface area (Å²) in [5.74, 6) is -0.563. The lowest BCUT2D eigenvalue weighted by Crippen LogP contribution is -2.32. The summed E-state index contributed by atoms with van der Waals surface area (Å²) in [6, 6.07) is 5.48. The fraction of sp³-hybridized carbons (Fsp3) is 0.500. The molecule has 1 aromatic rings. The Kier molecular flexibility index (Phi) is 4.50. The van der Waals surface area contributed by atoms with Crippen LogP contribution in [-0.4, -0.2) is 24.1 Å². The Morgan fingerprint density at radius 3 is 2.57 bits per heavy atom. The fourth-order valence-electron chi connectivity index (χ4n) is 2.92. The number of ether oxygens (including phenoxy) is 1. The van der Waals surface area contributed by atoms with Crippen LogP contribution in [0.15, 0.2) is 18.2 Å². The van der Waals surface area contributed by atoms with Crippen molar-refractivity contribution in [2.24, 2.45) is 5.41 Å². The van der Waals surface area contributed by atoms with Gasteiger partial charge in [0.1, 0.15) is 5.75 Å². The van der Waals surface area contributed by atoms with E-state index in [0.29, 0.717) is 24.3 Å². The second-order valence-electron chi connectivity index (χ2n) is 5.72. The van der Waals surface area contributed by atoms with Crippen LogP contribution in [0, 0.1) is 12.3 Å². The van der Waals surface area contributed by atoms with Gasteiger partial charge in [-0.2, -0.15) is 0 Å². The number of carbonyl (C=O) groups excluding carboxylic acids is 1. The first-order chi connectivity index (χ1) is 9.97. The molecule has 0 unspecified atom stereocenters. The summed E-state index contributed by atoms with van der Waals surface area (Å²) in [7, 11) is 1.54. The highest BCUT2D eigenvalue weighted by molar-refractivity contribution is 5.95. The van der Waals surface area contributed by atoms with E-state index < -0.39 is 11.4 Å². The van der Waals surface area contributed by atoms with Crippen LogP contribution in [0.25, 0.3) is 0 Å². The molecule has 0 radical (unpaired) electrons. The second kappa shape index (κ2) is 6.16. The van der Waals surface area contributed by atoms with E-state index in [1.165, 1.54) is 0 Å². The molecule has 0 spiro atoms. The number of benzene rings is 1. The molecule has 2 rings (SSSR count). The number of hydrogen-bond donors (Lipinski definition) is 2. The predicted molar refractivity (Wildman–Crippen MR) is 79.5 cm³/mol. The maximum Gasteiger partial charge on any atom is 0.310 e. The van der Waals surface area contributed by atoms with Gasteiger partial charge < -0.3 is 15.2 Å². The van der Waals surface area contributed by atoms with Gasteiger partial charge in [0.05, 0.1) is 18.2 Å². The van der Waals surface area contributed by atoms with Crippen molar-refractivity contribution >= 4 is 17.6 Å². The fourth-order valence-corrected chi connectivity index (χ4v) is 2.92. The maximum atomic E-state index is 12.2. The zero-order valence-electron chi connectivity index (χ0n) is 12.4. The molecule has 0 aromatic heterocycles. The smallest absolute Gasteiger partial charge is 0.310 e. The Labute approximate surface area is 124 Å². The second-order valence-corrected chi connectivity index (χ2v) is 5.72. The summed E-state index contributed by atoms with van der Waals surface area (Å²) < 4.78 is 5.24. The minimum Gasteiger partial charge on any atom is -0.495 e. The van der Waals surface area contributed by atoms with E-state index in [9.17, 15) is 14.7 Å². The highest BCUT2D eigenvalue weighted by atomic mass is 16.5. The van der Waals surface area contributed by atoms with Gasteiger partial charge in [-0.1, -0.05) is 18.9 Å². The van der Waals surface area contributed by atoms with Gasteiger partial charge in [-0.25, -0.2) is 0 Å². The van der Waals surface area contributed by atoms with Crippen LogP contribution in [0.2, 0.25) is 0 Å². The number of methoxy groups -OCH3 is 1. The molecule has 5 nitrogen and oxygen atoms in total. The summed E-state index contributed by atoms with van der Waals surface area (Å²) in [4.78, 5) is 23.7. The zero-order chi connectivity index (χ0) is 15.5. The SMILES string of the molecule is COc1cc(C)ccc1NC(=O)CC1(C(=O)O)CCCC1. The standard InChI is InChI=1S/C16H21NO4/c1-11-5-6-12(13(9-11)21-2)17-14(18)10-16(15(19)20)7-3-4-8-16/h5-6,9H,3-4,7-8,10H2,1-2H3,(H,17,18)(H,19,20). The van der Waals surface area contributed by atoms with E-state index in [0.717, 1.165) is 18.4 Å². The maximum absolute atomic E-state index is 12.2. The lowest BCUT2D eigenvalue weighted by molar-refractivity contribution is -0.150.